The molecule has 128 valence electrons. The van der Waals surface area contributed by atoms with Crippen LogP contribution in [0.15, 0.2) is 24.3 Å². The summed E-state index contributed by atoms with van der Waals surface area (Å²) in [6, 6.07) is 6.90. The van der Waals surface area contributed by atoms with Gasteiger partial charge in [0, 0.05) is 43.3 Å². The third-order valence-corrected chi connectivity index (χ3v) is 4.79. The molecule has 1 N–H and O–H groups in total. The van der Waals surface area contributed by atoms with Crippen LogP contribution in [0, 0.1) is 0 Å². The van der Waals surface area contributed by atoms with E-state index in [9.17, 15) is 14.4 Å². The number of piperidine rings is 1. The maximum Gasteiger partial charge on any atom is 0.253 e. The summed E-state index contributed by atoms with van der Waals surface area (Å²) in [7, 11) is 0. The molecule has 2 heterocycles. The summed E-state index contributed by atoms with van der Waals surface area (Å²) in [6.45, 7) is 4.71. The van der Waals surface area contributed by atoms with E-state index in [0.717, 1.165) is 19.4 Å². The van der Waals surface area contributed by atoms with Gasteiger partial charge in [0.05, 0.1) is 6.54 Å². The average molecular weight is 329 g/mol. The molecule has 1 atom stereocenters. The van der Waals surface area contributed by atoms with Crippen molar-refractivity contribution in [2.24, 2.45) is 0 Å². The van der Waals surface area contributed by atoms with Gasteiger partial charge in [0.15, 0.2) is 5.78 Å². The van der Waals surface area contributed by atoms with Crippen LogP contribution in [0.1, 0.15) is 40.5 Å². The highest BCUT2D eigenvalue weighted by atomic mass is 16.2. The molecule has 6 nitrogen and oxygen atoms in total. The summed E-state index contributed by atoms with van der Waals surface area (Å²) in [6.07, 6.45) is 1.85. The lowest BCUT2D eigenvalue weighted by atomic mass is 10.0. The smallest absolute Gasteiger partial charge is 0.253 e. The molecule has 2 aliphatic heterocycles. The van der Waals surface area contributed by atoms with Crippen LogP contribution in [0.3, 0.4) is 0 Å². The highest BCUT2D eigenvalue weighted by Gasteiger charge is 2.31. The summed E-state index contributed by atoms with van der Waals surface area (Å²) in [5.74, 6) is 0.0769. The molecule has 0 aromatic heterocycles. The lowest BCUT2D eigenvalue weighted by Gasteiger charge is -2.41. The minimum absolute atomic E-state index is 0.00995. The van der Waals surface area contributed by atoms with Crippen molar-refractivity contribution in [3.05, 3.63) is 35.4 Å². The van der Waals surface area contributed by atoms with Crippen LogP contribution in [-0.2, 0) is 4.79 Å². The Balaban J connectivity index is 1.68. The number of rotatable bonds is 3. The molecular formula is C18H23N3O3. The number of likely N-dealkylation sites (tertiary alicyclic amines) is 1. The molecule has 2 aliphatic rings. The van der Waals surface area contributed by atoms with E-state index in [0.29, 0.717) is 37.3 Å². The van der Waals surface area contributed by atoms with E-state index in [-0.39, 0.29) is 23.6 Å². The molecule has 0 bridgehead atoms. The van der Waals surface area contributed by atoms with Crippen molar-refractivity contribution in [2.75, 3.05) is 32.7 Å². The largest absolute Gasteiger partial charge is 0.337 e. The van der Waals surface area contributed by atoms with Crippen LogP contribution in [0.25, 0.3) is 0 Å². The van der Waals surface area contributed by atoms with Crippen molar-refractivity contribution in [1.29, 1.82) is 0 Å². The summed E-state index contributed by atoms with van der Waals surface area (Å²) in [5.41, 5.74) is 1.20. The Hall–Kier alpha value is -2.21. The van der Waals surface area contributed by atoms with Gasteiger partial charge in [-0.3, -0.25) is 14.4 Å². The van der Waals surface area contributed by atoms with Gasteiger partial charge in [-0.25, -0.2) is 0 Å². The molecule has 1 aromatic rings. The molecule has 6 heteroatoms. The Kier molecular flexibility index (Phi) is 4.94. The zero-order valence-electron chi connectivity index (χ0n) is 14.0. The lowest BCUT2D eigenvalue weighted by molar-refractivity contribution is -0.135. The van der Waals surface area contributed by atoms with E-state index in [1.807, 2.05) is 9.80 Å². The molecule has 0 spiro atoms. The second kappa shape index (κ2) is 7.13. The average Bonchev–Trinajstić information content (AvgIpc) is 2.61. The van der Waals surface area contributed by atoms with Gasteiger partial charge >= 0.3 is 0 Å². The van der Waals surface area contributed by atoms with E-state index < -0.39 is 0 Å². The number of ketones is 1. The highest BCUT2D eigenvalue weighted by molar-refractivity contribution is 5.97. The van der Waals surface area contributed by atoms with Crippen molar-refractivity contribution < 1.29 is 14.4 Å². The number of carbonyl (C=O) groups is 3. The first-order chi connectivity index (χ1) is 11.6. The van der Waals surface area contributed by atoms with Gasteiger partial charge < -0.3 is 15.1 Å². The van der Waals surface area contributed by atoms with Gasteiger partial charge in [-0.05, 0) is 31.9 Å². The van der Waals surface area contributed by atoms with Gasteiger partial charge in [0.1, 0.15) is 0 Å². The maximum absolute atomic E-state index is 12.7. The number of piperazine rings is 1. The number of benzene rings is 1. The summed E-state index contributed by atoms with van der Waals surface area (Å²) in [5, 5.41) is 3.08. The van der Waals surface area contributed by atoms with Crippen molar-refractivity contribution in [2.45, 2.75) is 25.8 Å². The number of hydrogen-bond acceptors (Lipinski definition) is 4. The van der Waals surface area contributed by atoms with Gasteiger partial charge in [-0.1, -0.05) is 12.1 Å². The predicted molar refractivity (Wildman–Crippen MR) is 90.0 cm³/mol. The molecule has 24 heavy (non-hydrogen) atoms. The van der Waals surface area contributed by atoms with Crippen LogP contribution < -0.4 is 5.32 Å². The number of nitrogens with zero attached hydrogens (tertiary/aromatic N) is 2. The van der Waals surface area contributed by atoms with Crippen molar-refractivity contribution in [3.63, 3.8) is 0 Å². The fraction of sp³-hybridized carbons (Fsp3) is 0.500. The van der Waals surface area contributed by atoms with E-state index in [1.54, 1.807) is 24.3 Å². The SMILES string of the molecule is CC(=O)c1ccc(C(=O)N2CCCC(N3CCNCC3=O)C2)cc1. The zero-order valence-corrected chi connectivity index (χ0v) is 14.0. The van der Waals surface area contributed by atoms with Crippen LogP contribution in [-0.4, -0.2) is 66.2 Å². The monoisotopic (exact) mass is 329 g/mol. The van der Waals surface area contributed by atoms with Gasteiger partial charge in [-0.2, -0.15) is 0 Å². The van der Waals surface area contributed by atoms with E-state index in [1.165, 1.54) is 6.92 Å². The first-order valence-corrected chi connectivity index (χ1v) is 8.46. The van der Waals surface area contributed by atoms with Crippen molar-refractivity contribution in [1.82, 2.24) is 15.1 Å². The Labute approximate surface area is 141 Å². The van der Waals surface area contributed by atoms with E-state index in [4.69, 9.17) is 0 Å². The third kappa shape index (κ3) is 3.48. The second-order valence-corrected chi connectivity index (χ2v) is 6.44. The van der Waals surface area contributed by atoms with Crippen LogP contribution >= 0.6 is 0 Å². The molecular weight excluding hydrogens is 306 g/mol. The van der Waals surface area contributed by atoms with Gasteiger partial charge in [0.25, 0.3) is 5.91 Å². The van der Waals surface area contributed by atoms with Crippen LogP contribution in [0.4, 0.5) is 0 Å². The quantitative estimate of drug-likeness (QED) is 0.838. The lowest BCUT2D eigenvalue weighted by Crippen LogP contribution is -2.57. The first kappa shape index (κ1) is 16.6. The Bertz CT molecular complexity index is 641. The van der Waals surface area contributed by atoms with Gasteiger partial charge in [0.2, 0.25) is 5.91 Å². The second-order valence-electron chi connectivity index (χ2n) is 6.44. The van der Waals surface area contributed by atoms with Gasteiger partial charge in [-0.15, -0.1) is 0 Å². The fourth-order valence-corrected chi connectivity index (χ4v) is 3.43. The molecule has 0 radical (unpaired) electrons. The van der Waals surface area contributed by atoms with E-state index >= 15 is 0 Å². The summed E-state index contributed by atoms with van der Waals surface area (Å²) < 4.78 is 0. The maximum atomic E-state index is 12.7. The first-order valence-electron chi connectivity index (χ1n) is 8.46. The molecule has 3 rings (SSSR count). The van der Waals surface area contributed by atoms with Crippen molar-refractivity contribution >= 4 is 17.6 Å². The molecule has 1 aromatic carbocycles. The molecule has 2 amide bonds. The molecule has 1 unspecified atom stereocenters. The topological polar surface area (TPSA) is 69.7 Å². The number of hydrogen-bond donors (Lipinski definition) is 1. The standard InChI is InChI=1S/C18H23N3O3/c1-13(22)14-4-6-15(7-5-14)18(24)20-9-2-3-16(12-20)21-10-8-19-11-17(21)23/h4-7,16,19H,2-3,8-12H2,1H3. The summed E-state index contributed by atoms with van der Waals surface area (Å²) in [4.78, 5) is 39.9. The normalized spacial score (nSPS) is 21.7. The minimum atomic E-state index is -0.0302. The Morgan fingerprint density at radius 3 is 2.50 bits per heavy atom. The number of amides is 2. The minimum Gasteiger partial charge on any atom is -0.337 e. The van der Waals surface area contributed by atoms with Crippen molar-refractivity contribution in [3.8, 4) is 0 Å². The number of Topliss-reactive ketones (excluding diaryl/α,β-unsaturated/α-hetero) is 1. The molecule has 0 saturated carbocycles. The Morgan fingerprint density at radius 2 is 1.83 bits per heavy atom. The third-order valence-electron chi connectivity index (χ3n) is 4.79. The summed E-state index contributed by atoms with van der Waals surface area (Å²) >= 11 is 0. The predicted octanol–water partition coefficient (Wildman–Crippen LogP) is 0.926. The van der Waals surface area contributed by atoms with Crippen LogP contribution in [0.2, 0.25) is 0 Å². The Morgan fingerprint density at radius 1 is 1.12 bits per heavy atom. The molecule has 2 saturated heterocycles. The molecule has 2 fully saturated rings. The number of carbonyl (C=O) groups excluding carboxylic acids is 3. The number of nitrogens with one attached hydrogen (secondary N) is 1. The molecule has 0 aliphatic carbocycles. The van der Waals surface area contributed by atoms with E-state index in [2.05, 4.69) is 5.32 Å². The fourth-order valence-electron chi connectivity index (χ4n) is 3.43. The van der Waals surface area contributed by atoms with Crippen LogP contribution in [0.5, 0.6) is 0 Å². The highest BCUT2D eigenvalue weighted by Crippen LogP contribution is 2.19. The zero-order chi connectivity index (χ0) is 17.1.